The van der Waals surface area contributed by atoms with Crippen molar-refractivity contribution in [2.75, 3.05) is 5.32 Å². The number of hydrogen-bond acceptors (Lipinski definition) is 5. The molecular formula is C17H9F3N6O2S. The summed E-state index contributed by atoms with van der Waals surface area (Å²) in [7, 11) is 0. The van der Waals surface area contributed by atoms with E-state index in [1.807, 2.05) is 0 Å². The van der Waals surface area contributed by atoms with Gasteiger partial charge in [0.15, 0.2) is 11.6 Å². The van der Waals surface area contributed by atoms with E-state index in [9.17, 15) is 22.8 Å². The van der Waals surface area contributed by atoms with Crippen molar-refractivity contribution in [3.05, 3.63) is 63.2 Å². The zero-order chi connectivity index (χ0) is 20.7. The minimum atomic E-state index is -3.00. The number of amides is 1. The maximum absolute atomic E-state index is 13.9. The van der Waals surface area contributed by atoms with E-state index in [4.69, 9.17) is 6.57 Å². The summed E-state index contributed by atoms with van der Waals surface area (Å²) < 4.78 is 43.3. The molecule has 0 radical (unpaired) electrons. The number of carbonyl (C=O) groups excluding carboxylic acids is 1. The van der Waals surface area contributed by atoms with E-state index in [0.29, 0.717) is 14.9 Å². The number of nitrogens with one attached hydrogen (secondary N) is 1. The molecule has 12 heteroatoms. The van der Waals surface area contributed by atoms with Gasteiger partial charge in [0.25, 0.3) is 12.0 Å². The summed E-state index contributed by atoms with van der Waals surface area (Å²) in [6.45, 7) is 6.07. The summed E-state index contributed by atoms with van der Waals surface area (Å²) in [5.74, 6) is -2.97. The summed E-state index contributed by atoms with van der Waals surface area (Å²) in [4.78, 5) is 31.5. The van der Waals surface area contributed by atoms with E-state index >= 15 is 0 Å². The second-order valence-corrected chi connectivity index (χ2v) is 6.79. The molecule has 0 aliphatic rings. The smallest absolute Gasteiger partial charge is 0.297 e. The average Bonchev–Trinajstić information content (AvgIpc) is 3.27. The molecule has 4 heterocycles. The van der Waals surface area contributed by atoms with Crippen LogP contribution in [-0.2, 0) is 11.3 Å². The number of halogens is 3. The molecule has 0 aliphatic heterocycles. The molecule has 0 saturated carbocycles. The van der Waals surface area contributed by atoms with Gasteiger partial charge in [0, 0.05) is 6.20 Å². The predicted molar refractivity (Wildman–Crippen MR) is 98.9 cm³/mol. The zero-order valence-electron chi connectivity index (χ0n) is 14.3. The first-order chi connectivity index (χ1) is 13.9. The molecule has 0 bridgehead atoms. The number of alkyl halides is 2. The Morgan fingerprint density at radius 3 is 2.83 bits per heavy atom. The van der Waals surface area contributed by atoms with E-state index in [0.717, 1.165) is 16.7 Å². The predicted octanol–water partition coefficient (Wildman–Crippen LogP) is 3.37. The molecule has 0 spiro atoms. The summed E-state index contributed by atoms with van der Waals surface area (Å²) in [6.07, 6.45) is -1.94. The van der Waals surface area contributed by atoms with E-state index in [2.05, 4.69) is 20.2 Å². The summed E-state index contributed by atoms with van der Waals surface area (Å²) in [6, 6.07) is 3.93. The molecule has 1 N–H and O–H groups in total. The fraction of sp³-hybridized carbons (Fsp3) is 0.118. The van der Waals surface area contributed by atoms with Gasteiger partial charge in [0.1, 0.15) is 12.1 Å². The molecule has 1 amide bonds. The highest BCUT2D eigenvalue weighted by Gasteiger charge is 2.22. The Morgan fingerprint density at radius 2 is 2.14 bits per heavy atom. The topological polar surface area (TPSA) is 85.7 Å². The molecule has 0 unspecified atom stereocenters. The second kappa shape index (κ2) is 7.02. The minimum Gasteiger partial charge on any atom is -0.307 e. The number of nitrogens with zero attached hydrogens (tertiary/aromatic N) is 5. The van der Waals surface area contributed by atoms with Gasteiger partial charge in [0.2, 0.25) is 17.4 Å². The lowest BCUT2D eigenvalue weighted by atomic mass is 10.4. The number of pyridine rings is 1. The van der Waals surface area contributed by atoms with E-state index in [-0.39, 0.29) is 11.2 Å². The molecule has 4 aromatic rings. The third-order valence-electron chi connectivity index (χ3n) is 4.03. The number of fused-ring (bicyclic) bond motifs is 3. The Morgan fingerprint density at radius 1 is 1.34 bits per heavy atom. The van der Waals surface area contributed by atoms with Gasteiger partial charge in [0.05, 0.1) is 16.8 Å². The molecule has 4 rings (SSSR count). The molecule has 0 aromatic carbocycles. The number of carbonyl (C=O) groups is 1. The van der Waals surface area contributed by atoms with Crippen molar-refractivity contribution in [1.82, 2.24) is 19.2 Å². The van der Waals surface area contributed by atoms with Crippen LogP contribution in [0.25, 0.3) is 20.6 Å². The maximum Gasteiger partial charge on any atom is 0.297 e. The van der Waals surface area contributed by atoms with Crippen molar-refractivity contribution < 1.29 is 18.0 Å². The Kier molecular flexibility index (Phi) is 4.51. The van der Waals surface area contributed by atoms with Crippen LogP contribution in [0.15, 0.2) is 34.6 Å². The minimum absolute atomic E-state index is 0.0457. The zero-order valence-corrected chi connectivity index (χ0v) is 15.1. The van der Waals surface area contributed by atoms with Crippen LogP contribution in [-0.4, -0.2) is 25.1 Å². The quantitative estimate of drug-likeness (QED) is 0.515. The third-order valence-corrected chi connectivity index (χ3v) is 4.88. The summed E-state index contributed by atoms with van der Waals surface area (Å²) in [5.41, 5.74) is -0.424. The van der Waals surface area contributed by atoms with Crippen LogP contribution in [0.3, 0.4) is 0 Å². The fourth-order valence-electron chi connectivity index (χ4n) is 2.81. The number of rotatable bonds is 4. The monoisotopic (exact) mass is 418 g/mol. The van der Waals surface area contributed by atoms with Crippen LogP contribution < -0.4 is 10.9 Å². The van der Waals surface area contributed by atoms with Crippen LogP contribution in [0.2, 0.25) is 0 Å². The molecule has 0 atom stereocenters. The molecule has 0 aliphatic carbocycles. The Hall–Kier alpha value is -3.72. The van der Waals surface area contributed by atoms with Crippen molar-refractivity contribution in [2.45, 2.75) is 13.0 Å². The highest BCUT2D eigenvalue weighted by molar-refractivity contribution is 7.17. The standard InChI is InChI=1S/C17H9F3N6O2S/c1-21-8-4-9(18)15(22-6-8)23-13(27)7-25-17(28)11-5-12-10(2-3-29-12)26(11)16(24-25)14(19)20/h2-6,14H,7H2,(H,22,23,27). The van der Waals surface area contributed by atoms with Gasteiger partial charge in [-0.25, -0.2) is 27.7 Å². The number of aromatic nitrogens is 4. The first kappa shape index (κ1) is 18.6. The molecule has 0 fully saturated rings. The van der Waals surface area contributed by atoms with Crippen LogP contribution in [0.5, 0.6) is 0 Å². The highest BCUT2D eigenvalue weighted by atomic mass is 32.1. The van der Waals surface area contributed by atoms with Gasteiger partial charge >= 0.3 is 0 Å². The SMILES string of the molecule is [C-]#[N+]c1cnc(NC(=O)Cn2nc(C(F)F)n3c(cc4sccc43)c2=O)c(F)c1. The number of thiophene rings is 1. The van der Waals surface area contributed by atoms with E-state index in [1.165, 1.54) is 17.4 Å². The maximum atomic E-state index is 13.9. The van der Waals surface area contributed by atoms with Crippen molar-refractivity contribution in [2.24, 2.45) is 0 Å². The second-order valence-electron chi connectivity index (χ2n) is 5.84. The molecular weight excluding hydrogens is 409 g/mol. The van der Waals surface area contributed by atoms with Gasteiger partial charge in [-0.1, -0.05) is 0 Å². The Balaban J connectivity index is 1.71. The van der Waals surface area contributed by atoms with E-state index < -0.39 is 41.9 Å². The lowest BCUT2D eigenvalue weighted by Gasteiger charge is -2.11. The molecule has 4 aromatic heterocycles. The molecule has 146 valence electrons. The summed E-state index contributed by atoms with van der Waals surface area (Å²) in [5, 5.41) is 7.48. The van der Waals surface area contributed by atoms with Crippen molar-refractivity contribution >= 4 is 44.5 Å². The normalized spacial score (nSPS) is 11.3. The van der Waals surface area contributed by atoms with Crippen LogP contribution in [0.4, 0.5) is 24.7 Å². The average molecular weight is 418 g/mol. The first-order valence-corrected chi connectivity index (χ1v) is 8.87. The van der Waals surface area contributed by atoms with Crippen LogP contribution in [0, 0.1) is 12.4 Å². The van der Waals surface area contributed by atoms with E-state index in [1.54, 1.807) is 11.4 Å². The van der Waals surface area contributed by atoms with Crippen molar-refractivity contribution in [1.29, 1.82) is 0 Å². The van der Waals surface area contributed by atoms with Gasteiger partial charge < -0.3 is 5.32 Å². The molecule has 0 saturated heterocycles. The van der Waals surface area contributed by atoms with Crippen molar-refractivity contribution in [3.63, 3.8) is 0 Å². The van der Waals surface area contributed by atoms with Crippen LogP contribution in [0.1, 0.15) is 12.2 Å². The van der Waals surface area contributed by atoms with Gasteiger partial charge in [-0.3, -0.25) is 14.0 Å². The van der Waals surface area contributed by atoms with Gasteiger partial charge in [-0.2, -0.15) is 0 Å². The Bertz CT molecular complexity index is 1370. The fourth-order valence-corrected chi connectivity index (χ4v) is 3.62. The lowest BCUT2D eigenvalue weighted by Crippen LogP contribution is -2.32. The summed E-state index contributed by atoms with van der Waals surface area (Å²) >= 11 is 1.28. The largest absolute Gasteiger partial charge is 0.307 e. The Labute approximate surface area is 163 Å². The van der Waals surface area contributed by atoms with Crippen molar-refractivity contribution in [3.8, 4) is 0 Å². The number of anilines is 1. The van der Waals surface area contributed by atoms with Gasteiger partial charge in [-0.05, 0) is 23.6 Å². The molecule has 8 nitrogen and oxygen atoms in total. The van der Waals surface area contributed by atoms with Crippen LogP contribution >= 0.6 is 11.3 Å². The van der Waals surface area contributed by atoms with Gasteiger partial charge in [-0.15, -0.1) is 16.4 Å². The first-order valence-electron chi connectivity index (χ1n) is 7.99. The molecule has 29 heavy (non-hydrogen) atoms. The lowest BCUT2D eigenvalue weighted by molar-refractivity contribution is -0.117. The highest BCUT2D eigenvalue weighted by Crippen LogP contribution is 2.27. The third kappa shape index (κ3) is 3.21. The number of hydrogen-bond donors (Lipinski definition) is 1.